The molecule has 2 unspecified atom stereocenters. The predicted octanol–water partition coefficient (Wildman–Crippen LogP) is 3.93. The van der Waals surface area contributed by atoms with Gasteiger partial charge < -0.3 is 5.73 Å². The molecule has 88 valence electrons. The first-order valence-electron chi connectivity index (χ1n) is 5.81. The third-order valence-corrected chi connectivity index (χ3v) is 5.14. The van der Waals surface area contributed by atoms with Crippen molar-refractivity contribution in [1.82, 2.24) is 0 Å². The van der Waals surface area contributed by atoms with Crippen molar-refractivity contribution in [3.05, 3.63) is 56.2 Å². The van der Waals surface area contributed by atoms with Crippen LogP contribution < -0.4 is 5.73 Å². The zero-order valence-corrected chi connectivity index (χ0v) is 11.8. The first kappa shape index (κ1) is 11.5. The van der Waals surface area contributed by atoms with Crippen molar-refractivity contribution in [3.63, 3.8) is 0 Å². The summed E-state index contributed by atoms with van der Waals surface area (Å²) >= 11 is 5.33. The minimum Gasteiger partial charge on any atom is -0.324 e. The maximum atomic E-state index is 6.34. The van der Waals surface area contributed by atoms with Gasteiger partial charge in [-0.1, -0.05) is 24.3 Å². The highest BCUT2D eigenvalue weighted by atomic mass is 79.9. The Morgan fingerprint density at radius 2 is 2.06 bits per heavy atom. The molecule has 3 heteroatoms. The zero-order valence-electron chi connectivity index (χ0n) is 9.40. The van der Waals surface area contributed by atoms with E-state index in [1.807, 2.05) is 11.3 Å². The van der Waals surface area contributed by atoms with E-state index in [9.17, 15) is 0 Å². The SMILES string of the molecule is NC1c2ccccc2CC1Cc1ccc(Br)s1. The molecular formula is C14H14BrNS. The number of benzene rings is 1. The van der Waals surface area contributed by atoms with Crippen LogP contribution in [0.1, 0.15) is 22.0 Å². The van der Waals surface area contributed by atoms with Gasteiger partial charge in [-0.15, -0.1) is 11.3 Å². The number of halogens is 1. The number of rotatable bonds is 2. The number of hydrogen-bond donors (Lipinski definition) is 1. The van der Waals surface area contributed by atoms with Crippen LogP contribution in [0, 0.1) is 5.92 Å². The molecule has 2 N–H and O–H groups in total. The van der Waals surface area contributed by atoms with E-state index in [1.54, 1.807) is 0 Å². The predicted molar refractivity (Wildman–Crippen MR) is 76.3 cm³/mol. The Bertz CT molecular complexity index is 535. The van der Waals surface area contributed by atoms with Gasteiger partial charge in [-0.25, -0.2) is 0 Å². The number of hydrogen-bond acceptors (Lipinski definition) is 2. The van der Waals surface area contributed by atoms with Crippen LogP contribution >= 0.6 is 27.3 Å². The van der Waals surface area contributed by atoms with E-state index >= 15 is 0 Å². The molecule has 1 aromatic heterocycles. The van der Waals surface area contributed by atoms with E-state index in [0.29, 0.717) is 5.92 Å². The lowest BCUT2D eigenvalue weighted by Gasteiger charge is -2.14. The molecule has 2 atom stereocenters. The fourth-order valence-corrected chi connectivity index (χ4v) is 4.20. The van der Waals surface area contributed by atoms with Crippen molar-refractivity contribution in [2.24, 2.45) is 11.7 Å². The van der Waals surface area contributed by atoms with Crippen LogP contribution in [0.2, 0.25) is 0 Å². The van der Waals surface area contributed by atoms with Crippen LogP contribution in [-0.2, 0) is 12.8 Å². The summed E-state index contributed by atoms with van der Waals surface area (Å²) in [5, 5.41) is 0. The van der Waals surface area contributed by atoms with Crippen molar-refractivity contribution in [3.8, 4) is 0 Å². The Kier molecular flexibility index (Phi) is 3.07. The van der Waals surface area contributed by atoms with Crippen LogP contribution in [0.4, 0.5) is 0 Å². The summed E-state index contributed by atoms with van der Waals surface area (Å²) in [6.45, 7) is 0. The standard InChI is InChI=1S/C14H14BrNS/c15-13-6-5-11(17-13)8-10-7-9-3-1-2-4-12(9)14(10)16/h1-6,10,14H,7-8,16H2. The molecule has 1 heterocycles. The normalized spacial score (nSPS) is 22.7. The van der Waals surface area contributed by atoms with E-state index in [1.165, 1.54) is 19.8 Å². The largest absolute Gasteiger partial charge is 0.324 e. The Balaban J connectivity index is 1.80. The molecule has 1 aliphatic rings. The van der Waals surface area contributed by atoms with Crippen LogP contribution in [-0.4, -0.2) is 0 Å². The van der Waals surface area contributed by atoms with Gasteiger partial charge in [0.2, 0.25) is 0 Å². The molecule has 0 radical (unpaired) electrons. The van der Waals surface area contributed by atoms with Gasteiger partial charge in [0.1, 0.15) is 0 Å². The van der Waals surface area contributed by atoms with E-state index in [0.717, 1.165) is 12.8 Å². The van der Waals surface area contributed by atoms with Gasteiger partial charge in [-0.3, -0.25) is 0 Å². The molecule has 3 rings (SSSR count). The summed E-state index contributed by atoms with van der Waals surface area (Å²) in [6.07, 6.45) is 2.21. The molecule has 0 saturated carbocycles. The average Bonchev–Trinajstić information content (AvgIpc) is 2.86. The van der Waals surface area contributed by atoms with E-state index in [4.69, 9.17) is 5.73 Å². The second-order valence-corrected chi connectivity index (χ2v) is 7.15. The molecular weight excluding hydrogens is 294 g/mol. The van der Waals surface area contributed by atoms with Crippen LogP contribution in [0.25, 0.3) is 0 Å². The molecule has 1 aliphatic carbocycles. The Labute approximate surface area is 114 Å². The molecule has 17 heavy (non-hydrogen) atoms. The molecule has 0 fully saturated rings. The average molecular weight is 308 g/mol. The molecule has 1 nitrogen and oxygen atoms in total. The number of thiophene rings is 1. The smallest absolute Gasteiger partial charge is 0.0701 e. The van der Waals surface area contributed by atoms with Crippen molar-refractivity contribution < 1.29 is 0 Å². The highest BCUT2D eigenvalue weighted by Gasteiger charge is 2.29. The summed E-state index contributed by atoms with van der Waals surface area (Å²) < 4.78 is 1.21. The fraction of sp³-hybridized carbons (Fsp3) is 0.286. The lowest BCUT2D eigenvalue weighted by atomic mass is 9.97. The summed E-state index contributed by atoms with van der Waals surface area (Å²) in [5.41, 5.74) is 9.11. The van der Waals surface area contributed by atoms with Crippen LogP contribution in [0.3, 0.4) is 0 Å². The second kappa shape index (κ2) is 4.56. The van der Waals surface area contributed by atoms with Crippen LogP contribution in [0.5, 0.6) is 0 Å². The summed E-state index contributed by atoms with van der Waals surface area (Å²) in [6, 6.07) is 13.1. The molecule has 0 aliphatic heterocycles. The van der Waals surface area contributed by atoms with Gasteiger partial charge in [-0.2, -0.15) is 0 Å². The summed E-state index contributed by atoms with van der Waals surface area (Å²) in [4.78, 5) is 1.42. The highest BCUT2D eigenvalue weighted by Crippen LogP contribution is 2.37. The molecule has 2 aromatic rings. The molecule has 0 amide bonds. The molecule has 1 aromatic carbocycles. The van der Waals surface area contributed by atoms with Gasteiger partial charge in [-0.05, 0) is 57.9 Å². The minimum absolute atomic E-state index is 0.201. The number of nitrogens with two attached hydrogens (primary N) is 1. The van der Waals surface area contributed by atoms with Gasteiger partial charge in [0.25, 0.3) is 0 Å². The monoisotopic (exact) mass is 307 g/mol. The van der Waals surface area contributed by atoms with Gasteiger partial charge >= 0.3 is 0 Å². The maximum Gasteiger partial charge on any atom is 0.0701 e. The number of fused-ring (bicyclic) bond motifs is 1. The highest BCUT2D eigenvalue weighted by molar-refractivity contribution is 9.11. The first-order valence-corrected chi connectivity index (χ1v) is 7.42. The van der Waals surface area contributed by atoms with Crippen molar-refractivity contribution >= 4 is 27.3 Å². The third kappa shape index (κ3) is 2.19. The zero-order chi connectivity index (χ0) is 11.8. The van der Waals surface area contributed by atoms with E-state index in [2.05, 4.69) is 52.3 Å². The van der Waals surface area contributed by atoms with Crippen molar-refractivity contribution in [1.29, 1.82) is 0 Å². The van der Waals surface area contributed by atoms with Crippen LogP contribution in [0.15, 0.2) is 40.2 Å². The third-order valence-electron chi connectivity index (χ3n) is 3.50. The summed E-state index contributed by atoms with van der Waals surface area (Å²) in [5.74, 6) is 0.554. The minimum atomic E-state index is 0.201. The molecule has 0 saturated heterocycles. The lowest BCUT2D eigenvalue weighted by Crippen LogP contribution is -2.18. The van der Waals surface area contributed by atoms with E-state index in [-0.39, 0.29) is 6.04 Å². The topological polar surface area (TPSA) is 26.0 Å². The Hall–Kier alpha value is -0.640. The maximum absolute atomic E-state index is 6.34. The Morgan fingerprint density at radius 1 is 1.24 bits per heavy atom. The summed E-state index contributed by atoms with van der Waals surface area (Å²) in [7, 11) is 0. The quantitative estimate of drug-likeness (QED) is 0.894. The molecule has 0 spiro atoms. The van der Waals surface area contributed by atoms with Crippen molar-refractivity contribution in [2.45, 2.75) is 18.9 Å². The van der Waals surface area contributed by atoms with Crippen molar-refractivity contribution in [2.75, 3.05) is 0 Å². The first-order chi connectivity index (χ1) is 8.24. The van der Waals surface area contributed by atoms with Gasteiger partial charge in [0.15, 0.2) is 0 Å². The molecule has 0 bridgehead atoms. The van der Waals surface area contributed by atoms with Gasteiger partial charge in [0.05, 0.1) is 3.79 Å². The fourth-order valence-electron chi connectivity index (χ4n) is 2.63. The van der Waals surface area contributed by atoms with E-state index < -0.39 is 0 Å². The lowest BCUT2D eigenvalue weighted by molar-refractivity contribution is 0.468. The second-order valence-electron chi connectivity index (χ2n) is 4.60. The Morgan fingerprint density at radius 3 is 2.76 bits per heavy atom. The van der Waals surface area contributed by atoms with Gasteiger partial charge in [0, 0.05) is 10.9 Å².